The third kappa shape index (κ3) is 2.62. The van der Waals surface area contributed by atoms with Crippen molar-refractivity contribution < 1.29 is 8.78 Å². The van der Waals surface area contributed by atoms with Crippen molar-refractivity contribution in [3.8, 4) is 11.1 Å². The van der Waals surface area contributed by atoms with E-state index in [2.05, 4.69) is 22.0 Å². The van der Waals surface area contributed by atoms with E-state index in [1.165, 1.54) is 12.1 Å². The van der Waals surface area contributed by atoms with Crippen LogP contribution in [0.3, 0.4) is 0 Å². The Morgan fingerprint density at radius 3 is 2.24 bits per heavy atom. The standard InChI is InChI=1S/C12H4BrCl2F2/c13-6-3-10(16)12(11(17)4-6)8-5-7(14)1-2-9(8)15/h1,3-5H. The normalized spacial score (nSPS) is 10.6. The lowest BCUT2D eigenvalue weighted by molar-refractivity contribution is 0.588. The van der Waals surface area contributed by atoms with Gasteiger partial charge in [-0.2, -0.15) is 0 Å². The van der Waals surface area contributed by atoms with Gasteiger partial charge in [-0.3, -0.25) is 0 Å². The molecule has 0 aliphatic carbocycles. The van der Waals surface area contributed by atoms with Crippen LogP contribution < -0.4 is 0 Å². The molecule has 0 amide bonds. The van der Waals surface area contributed by atoms with Gasteiger partial charge in [0.2, 0.25) is 0 Å². The van der Waals surface area contributed by atoms with Crippen molar-refractivity contribution in [2.45, 2.75) is 0 Å². The summed E-state index contributed by atoms with van der Waals surface area (Å²) in [5, 5.41) is 0.431. The van der Waals surface area contributed by atoms with E-state index in [4.69, 9.17) is 23.2 Å². The lowest BCUT2D eigenvalue weighted by Crippen LogP contribution is -1.91. The molecule has 0 saturated heterocycles. The van der Waals surface area contributed by atoms with Crippen molar-refractivity contribution >= 4 is 39.1 Å². The van der Waals surface area contributed by atoms with E-state index in [9.17, 15) is 8.78 Å². The van der Waals surface area contributed by atoms with Crippen molar-refractivity contribution in [2.75, 3.05) is 0 Å². The van der Waals surface area contributed by atoms with Gasteiger partial charge >= 0.3 is 0 Å². The molecule has 2 aromatic rings. The summed E-state index contributed by atoms with van der Waals surface area (Å²) in [6, 6.07) is 7.78. The van der Waals surface area contributed by atoms with Crippen LogP contribution in [0, 0.1) is 17.7 Å². The molecule has 17 heavy (non-hydrogen) atoms. The van der Waals surface area contributed by atoms with Gasteiger partial charge in [-0.25, -0.2) is 8.78 Å². The number of halogens is 5. The van der Waals surface area contributed by atoms with E-state index in [1.807, 2.05) is 0 Å². The Morgan fingerprint density at radius 1 is 1.06 bits per heavy atom. The highest BCUT2D eigenvalue weighted by Gasteiger charge is 2.15. The van der Waals surface area contributed by atoms with Gasteiger partial charge in [0.05, 0.1) is 10.6 Å². The summed E-state index contributed by atoms with van der Waals surface area (Å²) in [5.74, 6) is -1.43. The fourth-order valence-corrected chi connectivity index (χ4v) is 2.20. The van der Waals surface area contributed by atoms with E-state index in [0.717, 1.165) is 12.1 Å². The molecule has 0 heterocycles. The van der Waals surface area contributed by atoms with E-state index in [0.29, 0.717) is 9.50 Å². The van der Waals surface area contributed by atoms with Crippen LogP contribution >= 0.6 is 39.1 Å². The van der Waals surface area contributed by atoms with Crippen molar-refractivity contribution in [1.82, 2.24) is 0 Å². The highest BCUT2D eigenvalue weighted by Crippen LogP contribution is 2.35. The molecular formula is C12H4BrCl2F2. The molecule has 0 saturated carbocycles. The van der Waals surface area contributed by atoms with Crippen LogP contribution in [0.15, 0.2) is 28.7 Å². The second-order valence-corrected chi connectivity index (χ2v) is 5.02. The minimum atomic E-state index is -0.713. The van der Waals surface area contributed by atoms with Crippen LogP contribution in [0.1, 0.15) is 0 Å². The number of rotatable bonds is 1. The highest BCUT2D eigenvalue weighted by molar-refractivity contribution is 9.10. The highest BCUT2D eigenvalue weighted by atomic mass is 79.9. The van der Waals surface area contributed by atoms with Crippen LogP contribution in [-0.4, -0.2) is 0 Å². The third-order valence-corrected chi connectivity index (χ3v) is 3.12. The van der Waals surface area contributed by atoms with Gasteiger partial charge in [0, 0.05) is 21.1 Å². The molecule has 87 valence electrons. The van der Waals surface area contributed by atoms with Crippen LogP contribution in [0.4, 0.5) is 8.78 Å². The molecule has 0 aromatic heterocycles. The second-order valence-electron chi connectivity index (χ2n) is 3.29. The van der Waals surface area contributed by atoms with Crippen molar-refractivity contribution in [2.24, 2.45) is 0 Å². The Balaban J connectivity index is 2.72. The molecule has 0 aliphatic heterocycles. The van der Waals surface area contributed by atoms with Gasteiger partial charge in [0.15, 0.2) is 0 Å². The Morgan fingerprint density at radius 2 is 1.65 bits per heavy atom. The molecule has 2 aromatic carbocycles. The van der Waals surface area contributed by atoms with Crippen molar-refractivity contribution in [3.63, 3.8) is 0 Å². The minimum absolute atomic E-state index is 0.120. The number of hydrogen-bond acceptors (Lipinski definition) is 0. The average molecular weight is 337 g/mol. The van der Waals surface area contributed by atoms with Crippen molar-refractivity contribution in [3.05, 3.63) is 56.5 Å². The topological polar surface area (TPSA) is 0 Å². The predicted molar refractivity (Wildman–Crippen MR) is 68.4 cm³/mol. The fourth-order valence-electron chi connectivity index (χ4n) is 1.43. The molecule has 0 unspecified atom stereocenters. The van der Waals surface area contributed by atoms with Gasteiger partial charge in [0.1, 0.15) is 11.6 Å². The van der Waals surface area contributed by atoms with Crippen LogP contribution in [0.5, 0.6) is 0 Å². The summed E-state index contributed by atoms with van der Waals surface area (Å²) < 4.78 is 27.8. The smallest absolute Gasteiger partial charge is 0.135 e. The maximum absolute atomic E-state index is 13.7. The molecule has 0 aliphatic rings. The largest absolute Gasteiger partial charge is 0.206 e. The third-order valence-electron chi connectivity index (χ3n) is 2.13. The zero-order valence-electron chi connectivity index (χ0n) is 8.20. The molecular weight excluding hydrogens is 333 g/mol. The molecule has 0 N–H and O–H groups in total. The summed E-state index contributed by atoms with van der Waals surface area (Å²) in [6.07, 6.45) is 0. The number of hydrogen-bond donors (Lipinski definition) is 0. The lowest BCUT2D eigenvalue weighted by atomic mass is 10.0. The monoisotopic (exact) mass is 335 g/mol. The number of benzene rings is 2. The molecule has 0 spiro atoms. The first-order chi connectivity index (χ1) is 7.99. The Kier molecular flexibility index (Phi) is 3.71. The van der Waals surface area contributed by atoms with Crippen molar-refractivity contribution in [1.29, 1.82) is 0 Å². The molecule has 1 radical (unpaired) electrons. The molecule has 0 fully saturated rings. The predicted octanol–water partition coefficient (Wildman–Crippen LogP) is 5.50. The minimum Gasteiger partial charge on any atom is -0.206 e. The first kappa shape index (κ1) is 12.8. The van der Waals surface area contributed by atoms with Crippen LogP contribution in [-0.2, 0) is 0 Å². The Bertz CT molecular complexity index is 562. The van der Waals surface area contributed by atoms with Crippen LogP contribution in [0.25, 0.3) is 11.1 Å². The van der Waals surface area contributed by atoms with Gasteiger partial charge < -0.3 is 0 Å². The van der Waals surface area contributed by atoms with E-state index in [-0.39, 0.29) is 16.1 Å². The first-order valence-corrected chi connectivity index (χ1v) is 6.05. The average Bonchev–Trinajstić information content (AvgIpc) is 2.21. The quantitative estimate of drug-likeness (QED) is 0.645. The van der Waals surface area contributed by atoms with E-state index < -0.39 is 11.6 Å². The summed E-state index contributed by atoms with van der Waals surface area (Å²) in [4.78, 5) is 0. The fraction of sp³-hybridized carbons (Fsp3) is 0. The molecule has 0 nitrogen and oxygen atoms in total. The van der Waals surface area contributed by atoms with Gasteiger partial charge in [-0.1, -0.05) is 39.1 Å². The molecule has 0 bridgehead atoms. The van der Waals surface area contributed by atoms with E-state index >= 15 is 0 Å². The Labute approximate surface area is 115 Å². The van der Waals surface area contributed by atoms with Gasteiger partial charge in [0.25, 0.3) is 0 Å². The maximum atomic E-state index is 13.7. The second kappa shape index (κ2) is 4.92. The van der Waals surface area contributed by atoms with Gasteiger partial charge in [-0.05, 0) is 24.3 Å². The van der Waals surface area contributed by atoms with E-state index in [1.54, 1.807) is 0 Å². The summed E-state index contributed by atoms with van der Waals surface area (Å²) in [6.45, 7) is 0. The maximum Gasteiger partial charge on any atom is 0.135 e. The molecule has 2 rings (SSSR count). The zero-order chi connectivity index (χ0) is 12.6. The van der Waals surface area contributed by atoms with Gasteiger partial charge in [-0.15, -0.1) is 0 Å². The molecule has 0 atom stereocenters. The van der Waals surface area contributed by atoms with Crippen LogP contribution in [0.2, 0.25) is 10.0 Å². The zero-order valence-corrected chi connectivity index (χ0v) is 11.3. The SMILES string of the molecule is Fc1cc(Br)cc(F)c1-c1cc(Cl)c[c]c1Cl. The summed E-state index contributed by atoms with van der Waals surface area (Å²) in [5.41, 5.74) is -0.0291. The molecule has 5 heteroatoms. The first-order valence-electron chi connectivity index (χ1n) is 4.50. The summed E-state index contributed by atoms with van der Waals surface area (Å²) >= 11 is 14.6. The lowest BCUT2D eigenvalue weighted by Gasteiger charge is -2.08. The Hall–Kier alpha value is -0.640. The summed E-state index contributed by atoms with van der Waals surface area (Å²) in [7, 11) is 0.